The van der Waals surface area contributed by atoms with Crippen molar-refractivity contribution in [1.82, 2.24) is 10.6 Å². The molecule has 0 aromatic heterocycles. The summed E-state index contributed by atoms with van der Waals surface area (Å²) in [7, 11) is 0. The third kappa shape index (κ3) is 8.80. The number of halogens is 2. The van der Waals surface area contributed by atoms with Gasteiger partial charge in [-0.3, -0.25) is 0 Å². The van der Waals surface area contributed by atoms with Crippen LogP contribution in [0.4, 0.5) is 13.6 Å². The van der Waals surface area contributed by atoms with Crippen LogP contribution >= 0.6 is 0 Å². The van der Waals surface area contributed by atoms with Gasteiger partial charge in [-0.15, -0.1) is 0 Å². The lowest BCUT2D eigenvalue weighted by atomic mass is 9.73. The summed E-state index contributed by atoms with van der Waals surface area (Å²) in [5.41, 5.74) is 2.23. The van der Waals surface area contributed by atoms with Crippen LogP contribution in [0.1, 0.15) is 90.3 Å². The number of carbonyl (C=O) groups excluding carboxylic acids is 1. The quantitative estimate of drug-likeness (QED) is 0.383. The molecule has 6 heteroatoms. The highest BCUT2D eigenvalue weighted by Crippen LogP contribution is 2.44. The summed E-state index contributed by atoms with van der Waals surface area (Å²) in [6.07, 6.45) is 1.33. The van der Waals surface area contributed by atoms with Crippen molar-refractivity contribution in [3.05, 3.63) is 71.3 Å². The van der Waals surface area contributed by atoms with Crippen LogP contribution in [0.15, 0.2) is 54.6 Å². The lowest BCUT2D eigenvalue weighted by Gasteiger charge is -2.42. The van der Waals surface area contributed by atoms with Gasteiger partial charge >= 0.3 is 6.09 Å². The molecule has 1 atom stereocenters. The second kappa shape index (κ2) is 11.5. The van der Waals surface area contributed by atoms with Gasteiger partial charge in [0.15, 0.2) is 0 Å². The lowest BCUT2D eigenvalue weighted by Crippen LogP contribution is -2.49. The zero-order valence-corrected chi connectivity index (χ0v) is 23.3. The van der Waals surface area contributed by atoms with E-state index >= 15 is 0 Å². The number of hydrogen-bond donors (Lipinski definition) is 2. The third-order valence-corrected chi connectivity index (χ3v) is 7.12. The first kappa shape index (κ1) is 29.1. The molecule has 37 heavy (non-hydrogen) atoms. The van der Waals surface area contributed by atoms with Crippen molar-refractivity contribution >= 4 is 6.09 Å². The maximum Gasteiger partial charge on any atom is 0.407 e. The summed E-state index contributed by atoms with van der Waals surface area (Å²) >= 11 is 0. The predicted molar refractivity (Wildman–Crippen MR) is 146 cm³/mol. The maximum absolute atomic E-state index is 14.2. The SMILES string of the molecule is CC(C)(C)OC(=O)N[C@H](CCNC1(c2cccc(C(C)(C)C)c2)CCC(F)(F)CC1)Cc1ccccc1. The zero-order valence-electron chi connectivity index (χ0n) is 23.3. The van der Waals surface area contributed by atoms with Crippen molar-refractivity contribution in [2.24, 2.45) is 0 Å². The molecule has 4 nitrogen and oxygen atoms in total. The van der Waals surface area contributed by atoms with Gasteiger partial charge in [0.1, 0.15) is 5.60 Å². The summed E-state index contributed by atoms with van der Waals surface area (Å²) < 4.78 is 33.9. The molecule has 0 aliphatic heterocycles. The number of amides is 1. The summed E-state index contributed by atoms with van der Waals surface area (Å²) in [4.78, 5) is 12.6. The third-order valence-electron chi connectivity index (χ3n) is 7.12. The van der Waals surface area contributed by atoms with E-state index in [4.69, 9.17) is 4.74 Å². The number of alkyl halides is 2. The number of rotatable bonds is 8. The molecule has 0 radical (unpaired) electrons. The van der Waals surface area contributed by atoms with E-state index in [1.807, 2.05) is 57.2 Å². The van der Waals surface area contributed by atoms with Crippen molar-refractivity contribution in [2.45, 2.75) is 109 Å². The smallest absolute Gasteiger partial charge is 0.407 e. The van der Waals surface area contributed by atoms with Gasteiger partial charge in [0.25, 0.3) is 0 Å². The molecule has 2 aromatic carbocycles. The first-order chi connectivity index (χ1) is 17.2. The zero-order chi connectivity index (χ0) is 27.3. The molecule has 1 aliphatic rings. The molecular weight excluding hydrogens is 470 g/mol. The van der Waals surface area contributed by atoms with Crippen LogP contribution in [0.3, 0.4) is 0 Å². The Morgan fingerprint density at radius 1 is 0.946 bits per heavy atom. The van der Waals surface area contributed by atoms with E-state index in [0.717, 1.165) is 11.1 Å². The second-order valence-corrected chi connectivity index (χ2v) is 12.5. The van der Waals surface area contributed by atoms with Gasteiger partial charge in [0.05, 0.1) is 0 Å². The fraction of sp³-hybridized carbons (Fsp3) is 0.581. The summed E-state index contributed by atoms with van der Waals surface area (Å²) in [6, 6.07) is 18.2. The number of ether oxygens (including phenoxy) is 1. The van der Waals surface area contributed by atoms with Crippen LogP contribution in [-0.4, -0.2) is 30.2 Å². The highest BCUT2D eigenvalue weighted by Gasteiger charge is 2.44. The highest BCUT2D eigenvalue weighted by atomic mass is 19.3. The molecule has 0 bridgehead atoms. The number of nitrogens with one attached hydrogen (secondary N) is 2. The second-order valence-electron chi connectivity index (χ2n) is 12.5. The monoisotopic (exact) mass is 514 g/mol. The van der Waals surface area contributed by atoms with Gasteiger partial charge in [-0.05, 0) is 75.1 Å². The molecule has 0 spiro atoms. The molecule has 3 rings (SSSR count). The van der Waals surface area contributed by atoms with Crippen LogP contribution < -0.4 is 10.6 Å². The van der Waals surface area contributed by atoms with E-state index < -0.39 is 23.2 Å². The Balaban J connectivity index is 1.78. The molecular formula is C31H44F2N2O2. The van der Waals surface area contributed by atoms with Crippen LogP contribution in [0.5, 0.6) is 0 Å². The predicted octanol–water partition coefficient (Wildman–Crippen LogP) is 7.50. The Morgan fingerprint density at radius 3 is 2.19 bits per heavy atom. The van der Waals surface area contributed by atoms with Crippen LogP contribution in [0.2, 0.25) is 0 Å². The Labute approximate surface area is 221 Å². The van der Waals surface area contributed by atoms with Crippen molar-refractivity contribution < 1.29 is 18.3 Å². The molecule has 1 aliphatic carbocycles. The molecule has 0 saturated heterocycles. The molecule has 204 valence electrons. The van der Waals surface area contributed by atoms with Gasteiger partial charge in [-0.2, -0.15) is 0 Å². The van der Waals surface area contributed by atoms with Crippen LogP contribution in [0.25, 0.3) is 0 Å². The summed E-state index contributed by atoms with van der Waals surface area (Å²) in [5.74, 6) is -2.62. The van der Waals surface area contributed by atoms with E-state index in [9.17, 15) is 13.6 Å². The average molecular weight is 515 g/mol. The number of benzene rings is 2. The van der Waals surface area contributed by atoms with E-state index in [1.54, 1.807) is 0 Å². The lowest BCUT2D eigenvalue weighted by molar-refractivity contribution is -0.0571. The average Bonchev–Trinajstić information content (AvgIpc) is 2.79. The van der Waals surface area contributed by atoms with Gasteiger partial charge in [0, 0.05) is 24.4 Å². The van der Waals surface area contributed by atoms with E-state index in [-0.39, 0.29) is 24.3 Å². The molecule has 1 amide bonds. The molecule has 0 unspecified atom stereocenters. The number of carbonyl (C=O) groups is 1. The fourth-order valence-electron chi connectivity index (χ4n) is 4.98. The summed E-state index contributed by atoms with van der Waals surface area (Å²) in [5, 5.41) is 6.71. The highest BCUT2D eigenvalue weighted by molar-refractivity contribution is 5.68. The summed E-state index contributed by atoms with van der Waals surface area (Å²) in [6.45, 7) is 12.6. The first-order valence-electron chi connectivity index (χ1n) is 13.4. The Morgan fingerprint density at radius 2 is 1.59 bits per heavy atom. The standard InChI is InChI=1S/C31H44F2N2O2/c1-28(2,3)24-13-10-14-25(22-24)30(16-18-31(32,33)19-17-30)34-20-15-26(21-23-11-8-7-9-12-23)35-27(36)37-29(4,5)6/h7-14,22,26,34H,15-21H2,1-6H3,(H,35,36)/t26-/m1/s1. The Bertz CT molecular complexity index is 1020. The van der Waals surface area contributed by atoms with Gasteiger partial charge < -0.3 is 15.4 Å². The van der Waals surface area contributed by atoms with Crippen molar-refractivity contribution in [3.63, 3.8) is 0 Å². The minimum Gasteiger partial charge on any atom is -0.444 e. The largest absolute Gasteiger partial charge is 0.444 e. The minimum absolute atomic E-state index is 0.0338. The van der Waals surface area contributed by atoms with Crippen molar-refractivity contribution in [3.8, 4) is 0 Å². The Hall–Kier alpha value is -2.47. The molecule has 0 heterocycles. The van der Waals surface area contributed by atoms with E-state index in [1.165, 1.54) is 5.56 Å². The van der Waals surface area contributed by atoms with Crippen LogP contribution in [-0.2, 0) is 22.1 Å². The molecule has 1 fully saturated rings. The molecule has 2 aromatic rings. The van der Waals surface area contributed by atoms with Gasteiger partial charge in [-0.1, -0.05) is 75.4 Å². The minimum atomic E-state index is -2.62. The molecule has 2 N–H and O–H groups in total. The fourth-order valence-corrected chi connectivity index (χ4v) is 4.98. The van der Waals surface area contributed by atoms with Crippen LogP contribution in [0, 0.1) is 0 Å². The van der Waals surface area contributed by atoms with E-state index in [0.29, 0.717) is 32.2 Å². The topological polar surface area (TPSA) is 50.4 Å². The van der Waals surface area contributed by atoms with Crippen molar-refractivity contribution in [1.29, 1.82) is 0 Å². The number of alkyl carbamates (subject to hydrolysis) is 1. The van der Waals surface area contributed by atoms with Gasteiger partial charge in [0.2, 0.25) is 5.92 Å². The Kier molecular flexibility index (Phi) is 9.05. The van der Waals surface area contributed by atoms with Crippen molar-refractivity contribution in [2.75, 3.05) is 6.54 Å². The first-order valence-corrected chi connectivity index (χ1v) is 13.4. The normalized spacial score (nSPS) is 18.2. The van der Waals surface area contributed by atoms with Gasteiger partial charge in [-0.25, -0.2) is 13.6 Å². The molecule has 1 saturated carbocycles. The maximum atomic E-state index is 14.2. The van der Waals surface area contributed by atoms with E-state index in [2.05, 4.69) is 49.6 Å². The number of hydrogen-bond acceptors (Lipinski definition) is 3.